The molecule has 0 saturated heterocycles. The summed E-state index contributed by atoms with van der Waals surface area (Å²) in [6.07, 6.45) is 3.00. The van der Waals surface area contributed by atoms with Crippen LogP contribution < -0.4 is 10.2 Å². The highest BCUT2D eigenvalue weighted by Gasteiger charge is 2.21. The van der Waals surface area contributed by atoms with E-state index in [1.165, 1.54) is 5.56 Å². The smallest absolute Gasteiger partial charge is 0.239 e. The molecule has 4 heteroatoms. The fourth-order valence-corrected chi connectivity index (χ4v) is 2.49. The molecule has 1 aromatic rings. The number of hydrogen-bond donors (Lipinski definition) is 1. The van der Waals surface area contributed by atoms with Crippen molar-refractivity contribution in [2.75, 3.05) is 24.5 Å². The Hall–Kier alpha value is -1.84. The lowest BCUT2D eigenvalue weighted by molar-refractivity contribution is -0.119. The van der Waals surface area contributed by atoms with Crippen LogP contribution >= 0.6 is 0 Å². The van der Waals surface area contributed by atoms with E-state index in [0.29, 0.717) is 6.54 Å². The molecular weight excluding hydrogens is 252 g/mol. The zero-order valence-electron chi connectivity index (χ0n) is 12.2. The molecule has 1 N–H and O–H groups in total. The second kappa shape index (κ2) is 6.55. The number of Topliss-reactive ketones (excluding diaryl/α,β-unsaturated/α-hetero) is 1. The van der Waals surface area contributed by atoms with Crippen LogP contribution in [0.3, 0.4) is 0 Å². The summed E-state index contributed by atoms with van der Waals surface area (Å²) < 4.78 is 0. The lowest BCUT2D eigenvalue weighted by Gasteiger charge is -2.19. The van der Waals surface area contributed by atoms with Gasteiger partial charge in [0.1, 0.15) is 0 Å². The number of benzene rings is 1. The first-order valence-corrected chi connectivity index (χ1v) is 7.27. The Morgan fingerprint density at radius 3 is 2.85 bits per heavy atom. The number of nitrogens with one attached hydrogen (secondary N) is 1. The summed E-state index contributed by atoms with van der Waals surface area (Å²) in [5.41, 5.74) is 3.00. The second-order valence-electron chi connectivity index (χ2n) is 5.27. The maximum absolute atomic E-state index is 11.9. The quantitative estimate of drug-likeness (QED) is 0.639. The third kappa shape index (κ3) is 3.38. The van der Waals surface area contributed by atoms with Crippen molar-refractivity contribution in [1.82, 2.24) is 5.32 Å². The maximum atomic E-state index is 11.9. The zero-order chi connectivity index (χ0) is 14.5. The average Bonchev–Trinajstić information content (AvgIpc) is 2.81. The molecule has 0 aromatic heterocycles. The van der Waals surface area contributed by atoms with E-state index >= 15 is 0 Å². The average molecular weight is 274 g/mol. The monoisotopic (exact) mass is 274 g/mol. The van der Waals surface area contributed by atoms with Crippen LogP contribution in [0.25, 0.3) is 0 Å². The number of rotatable bonds is 6. The largest absolute Gasteiger partial charge is 0.362 e. The van der Waals surface area contributed by atoms with Crippen LogP contribution in [-0.4, -0.2) is 31.3 Å². The van der Waals surface area contributed by atoms with Crippen LogP contribution in [0, 0.1) is 0 Å². The summed E-state index contributed by atoms with van der Waals surface area (Å²) in [7, 11) is 0. The van der Waals surface area contributed by atoms with Gasteiger partial charge in [0.25, 0.3) is 0 Å². The number of carbonyl (C=O) groups excluding carboxylic acids is 2. The first-order chi connectivity index (χ1) is 9.61. The zero-order valence-corrected chi connectivity index (χ0v) is 12.2. The van der Waals surface area contributed by atoms with Gasteiger partial charge in [-0.25, -0.2) is 0 Å². The first-order valence-electron chi connectivity index (χ1n) is 7.27. The second-order valence-corrected chi connectivity index (χ2v) is 5.27. The van der Waals surface area contributed by atoms with Crippen molar-refractivity contribution in [1.29, 1.82) is 0 Å². The number of carbonyl (C=O) groups is 2. The summed E-state index contributed by atoms with van der Waals surface area (Å²) in [6, 6.07) is 5.75. The molecule has 1 aliphatic rings. The van der Waals surface area contributed by atoms with Crippen molar-refractivity contribution in [3.05, 3.63) is 29.3 Å². The fraction of sp³-hybridized carbons (Fsp3) is 0.500. The lowest BCUT2D eigenvalue weighted by atomic mass is 10.1. The summed E-state index contributed by atoms with van der Waals surface area (Å²) >= 11 is 0. The van der Waals surface area contributed by atoms with Gasteiger partial charge in [-0.05, 0) is 43.5 Å². The Bertz CT molecular complexity index is 511. The molecule has 0 bridgehead atoms. The van der Waals surface area contributed by atoms with Gasteiger partial charge in [0.05, 0.1) is 6.54 Å². The van der Waals surface area contributed by atoms with Crippen molar-refractivity contribution in [2.45, 2.75) is 33.1 Å². The Balaban J connectivity index is 1.98. The van der Waals surface area contributed by atoms with Crippen LogP contribution in [0.2, 0.25) is 0 Å². The molecule has 1 aromatic carbocycles. The van der Waals surface area contributed by atoms with Crippen molar-refractivity contribution in [3.8, 4) is 0 Å². The van der Waals surface area contributed by atoms with E-state index < -0.39 is 0 Å². The van der Waals surface area contributed by atoms with E-state index in [1.54, 1.807) is 6.92 Å². The van der Waals surface area contributed by atoms with Gasteiger partial charge in [0, 0.05) is 24.3 Å². The molecule has 0 spiro atoms. The summed E-state index contributed by atoms with van der Waals surface area (Å²) in [5.74, 6) is 0.158. The minimum atomic E-state index is 0.0712. The minimum Gasteiger partial charge on any atom is -0.362 e. The van der Waals surface area contributed by atoms with Gasteiger partial charge >= 0.3 is 0 Å². The van der Waals surface area contributed by atoms with Crippen LogP contribution in [0.1, 0.15) is 42.6 Å². The third-order valence-electron chi connectivity index (χ3n) is 3.66. The molecule has 0 radical (unpaired) electrons. The molecule has 108 valence electrons. The first kappa shape index (κ1) is 14.6. The summed E-state index contributed by atoms with van der Waals surface area (Å²) in [5, 5.41) is 2.94. The van der Waals surface area contributed by atoms with E-state index in [4.69, 9.17) is 0 Å². The number of hydrogen-bond acceptors (Lipinski definition) is 3. The molecule has 4 nitrogen and oxygen atoms in total. The number of unbranched alkanes of at least 4 members (excludes halogenated alkanes) is 1. The maximum Gasteiger partial charge on any atom is 0.239 e. The van der Waals surface area contributed by atoms with Crippen molar-refractivity contribution >= 4 is 17.4 Å². The Labute approximate surface area is 120 Å². The van der Waals surface area contributed by atoms with Gasteiger partial charge < -0.3 is 10.2 Å². The van der Waals surface area contributed by atoms with Crippen LogP contribution in [-0.2, 0) is 11.2 Å². The van der Waals surface area contributed by atoms with Gasteiger partial charge in [0.15, 0.2) is 5.78 Å². The van der Waals surface area contributed by atoms with Gasteiger partial charge in [-0.15, -0.1) is 0 Å². The Morgan fingerprint density at radius 1 is 1.35 bits per heavy atom. The Kier molecular flexibility index (Phi) is 4.77. The van der Waals surface area contributed by atoms with E-state index in [1.807, 2.05) is 18.2 Å². The lowest BCUT2D eigenvalue weighted by Crippen LogP contribution is -2.36. The van der Waals surface area contributed by atoms with E-state index in [9.17, 15) is 9.59 Å². The van der Waals surface area contributed by atoms with Gasteiger partial charge in [-0.1, -0.05) is 13.3 Å². The number of ketones is 1. The molecule has 1 aliphatic heterocycles. The highest BCUT2D eigenvalue weighted by atomic mass is 16.2. The molecule has 20 heavy (non-hydrogen) atoms. The molecular formula is C16H22N2O2. The van der Waals surface area contributed by atoms with Crippen molar-refractivity contribution < 1.29 is 9.59 Å². The van der Waals surface area contributed by atoms with Crippen molar-refractivity contribution in [2.24, 2.45) is 0 Å². The predicted molar refractivity (Wildman–Crippen MR) is 80.3 cm³/mol. The third-order valence-corrected chi connectivity index (χ3v) is 3.66. The Morgan fingerprint density at radius 2 is 2.15 bits per heavy atom. The summed E-state index contributed by atoms with van der Waals surface area (Å²) in [6.45, 7) is 5.68. The molecule has 0 fully saturated rings. The highest BCUT2D eigenvalue weighted by molar-refractivity contribution is 5.95. The number of fused-ring (bicyclic) bond motifs is 1. The number of amides is 1. The van der Waals surface area contributed by atoms with Crippen LogP contribution in [0.4, 0.5) is 5.69 Å². The predicted octanol–water partition coefficient (Wildman–Crippen LogP) is 2.17. The minimum absolute atomic E-state index is 0.0712. The molecule has 0 saturated carbocycles. The molecule has 0 aliphatic carbocycles. The van der Waals surface area contributed by atoms with Crippen molar-refractivity contribution in [3.63, 3.8) is 0 Å². The SMILES string of the molecule is CCCCNC(=O)CN1CCc2cc(C(C)=O)ccc21. The fourth-order valence-electron chi connectivity index (χ4n) is 2.49. The molecule has 0 unspecified atom stereocenters. The van der Waals surface area contributed by atoms with Gasteiger partial charge in [-0.3, -0.25) is 9.59 Å². The van der Waals surface area contributed by atoms with Gasteiger partial charge in [0.2, 0.25) is 5.91 Å². The topological polar surface area (TPSA) is 49.4 Å². The molecule has 1 amide bonds. The molecule has 1 heterocycles. The molecule has 0 atom stereocenters. The summed E-state index contributed by atoms with van der Waals surface area (Å²) in [4.78, 5) is 25.3. The van der Waals surface area contributed by atoms with E-state index in [0.717, 1.165) is 43.6 Å². The van der Waals surface area contributed by atoms with E-state index in [2.05, 4.69) is 17.1 Å². The van der Waals surface area contributed by atoms with E-state index in [-0.39, 0.29) is 11.7 Å². The highest BCUT2D eigenvalue weighted by Crippen LogP contribution is 2.28. The standard InChI is InChI=1S/C16H22N2O2/c1-3-4-8-17-16(20)11-18-9-7-14-10-13(12(2)19)5-6-15(14)18/h5-6,10H,3-4,7-9,11H2,1-2H3,(H,17,20). The number of anilines is 1. The van der Waals surface area contributed by atoms with Crippen LogP contribution in [0.5, 0.6) is 0 Å². The van der Waals surface area contributed by atoms with Crippen LogP contribution in [0.15, 0.2) is 18.2 Å². The van der Waals surface area contributed by atoms with Gasteiger partial charge in [-0.2, -0.15) is 0 Å². The number of nitrogens with zero attached hydrogens (tertiary/aromatic N) is 1. The molecule has 2 rings (SSSR count). The normalized spacial score (nSPS) is 13.2.